The zero-order valence-electron chi connectivity index (χ0n) is 11.8. The Kier molecular flexibility index (Phi) is 3.67. The van der Waals surface area contributed by atoms with Crippen LogP contribution in [0.1, 0.15) is 18.5 Å². The summed E-state index contributed by atoms with van der Waals surface area (Å²) < 4.78 is 10.2. The van der Waals surface area contributed by atoms with Crippen molar-refractivity contribution in [3.8, 4) is 0 Å². The molecule has 1 aromatic rings. The number of hydrogen-bond acceptors (Lipinski definition) is 5. The van der Waals surface area contributed by atoms with Crippen LogP contribution in [0.2, 0.25) is 0 Å². The first-order valence-electron chi connectivity index (χ1n) is 7.16. The number of carbonyl (C=O) groups excluding carboxylic acids is 2. The van der Waals surface area contributed by atoms with Gasteiger partial charge in [-0.15, -0.1) is 0 Å². The number of likely N-dealkylation sites (tertiary alicyclic amines) is 1. The van der Waals surface area contributed by atoms with Crippen molar-refractivity contribution in [3.05, 3.63) is 18.0 Å². The second-order valence-electron chi connectivity index (χ2n) is 5.81. The van der Waals surface area contributed by atoms with E-state index in [-0.39, 0.29) is 17.7 Å². The monoisotopic (exact) mass is 293 g/mol. The van der Waals surface area contributed by atoms with Gasteiger partial charge in [0.15, 0.2) is 0 Å². The minimum absolute atomic E-state index is 0.0137. The number of hydrogen-bond donors (Lipinski definition) is 1. The number of aromatic nitrogens is 1. The maximum atomic E-state index is 12.3. The standard InChI is InChI=1S/C14H19N3O4/c15-13(19)14-4-6-20-8-10(14)7-17(9-14)12(18)2-1-11-3-5-21-16-11/h3,5,10H,1-2,4,6-9H2,(H2,15,19)/t10-,14+/m1/s1. The van der Waals surface area contributed by atoms with Crippen LogP contribution in [0.25, 0.3) is 0 Å². The number of nitrogens with zero attached hydrogens (tertiary/aromatic N) is 2. The summed E-state index contributed by atoms with van der Waals surface area (Å²) in [5, 5.41) is 3.79. The van der Waals surface area contributed by atoms with Gasteiger partial charge in [0.05, 0.1) is 17.7 Å². The fourth-order valence-corrected chi connectivity index (χ4v) is 3.30. The number of nitrogens with two attached hydrogens (primary N) is 1. The Morgan fingerprint density at radius 1 is 1.52 bits per heavy atom. The van der Waals surface area contributed by atoms with E-state index in [9.17, 15) is 9.59 Å². The number of rotatable bonds is 4. The highest BCUT2D eigenvalue weighted by Gasteiger charge is 2.53. The van der Waals surface area contributed by atoms with E-state index in [1.807, 2.05) is 0 Å². The molecule has 0 aromatic carbocycles. The van der Waals surface area contributed by atoms with E-state index in [1.54, 1.807) is 11.0 Å². The summed E-state index contributed by atoms with van der Waals surface area (Å²) in [5.41, 5.74) is 5.75. The molecule has 3 rings (SSSR count). The van der Waals surface area contributed by atoms with E-state index in [2.05, 4.69) is 5.16 Å². The zero-order chi connectivity index (χ0) is 14.9. The second kappa shape index (κ2) is 5.48. The van der Waals surface area contributed by atoms with Gasteiger partial charge in [0.25, 0.3) is 0 Å². The summed E-state index contributed by atoms with van der Waals surface area (Å²) in [6.07, 6.45) is 2.98. The van der Waals surface area contributed by atoms with Gasteiger partial charge in [-0.3, -0.25) is 9.59 Å². The van der Waals surface area contributed by atoms with Crippen molar-refractivity contribution < 1.29 is 18.8 Å². The Morgan fingerprint density at radius 2 is 2.38 bits per heavy atom. The fraction of sp³-hybridized carbons (Fsp3) is 0.643. The lowest BCUT2D eigenvalue weighted by atomic mass is 9.74. The number of aryl methyl sites for hydroxylation is 1. The molecule has 2 N–H and O–H groups in total. The molecule has 0 bridgehead atoms. The predicted octanol–water partition coefficient (Wildman–Crippen LogP) is -0.0424. The number of carbonyl (C=O) groups is 2. The van der Waals surface area contributed by atoms with Gasteiger partial charge in [-0.1, -0.05) is 5.16 Å². The molecule has 114 valence electrons. The van der Waals surface area contributed by atoms with Crippen LogP contribution in [0.3, 0.4) is 0 Å². The minimum Gasteiger partial charge on any atom is -0.381 e. The normalized spacial score (nSPS) is 28.4. The van der Waals surface area contributed by atoms with E-state index in [1.165, 1.54) is 6.26 Å². The lowest BCUT2D eigenvalue weighted by molar-refractivity contribution is -0.136. The highest BCUT2D eigenvalue weighted by atomic mass is 16.5. The predicted molar refractivity (Wildman–Crippen MR) is 72.0 cm³/mol. The molecule has 7 heteroatoms. The average molecular weight is 293 g/mol. The summed E-state index contributed by atoms with van der Waals surface area (Å²) in [6, 6.07) is 1.75. The van der Waals surface area contributed by atoms with Crippen molar-refractivity contribution in [1.29, 1.82) is 0 Å². The van der Waals surface area contributed by atoms with E-state index >= 15 is 0 Å². The molecule has 2 amide bonds. The van der Waals surface area contributed by atoms with Gasteiger partial charge in [0.2, 0.25) is 11.8 Å². The number of primary amides is 1. The van der Waals surface area contributed by atoms with Crippen molar-refractivity contribution in [1.82, 2.24) is 10.1 Å². The molecule has 0 spiro atoms. The zero-order valence-corrected chi connectivity index (χ0v) is 11.8. The number of ether oxygens (including phenoxy) is 1. The van der Waals surface area contributed by atoms with Crippen molar-refractivity contribution in [2.24, 2.45) is 17.1 Å². The molecule has 7 nitrogen and oxygen atoms in total. The van der Waals surface area contributed by atoms with E-state index in [0.717, 1.165) is 5.69 Å². The summed E-state index contributed by atoms with van der Waals surface area (Å²) >= 11 is 0. The first kappa shape index (κ1) is 14.1. The molecule has 3 heterocycles. The third-order valence-corrected chi connectivity index (χ3v) is 4.64. The Labute approximate surface area is 122 Å². The third-order valence-electron chi connectivity index (χ3n) is 4.64. The van der Waals surface area contributed by atoms with Gasteiger partial charge < -0.3 is 19.9 Å². The van der Waals surface area contributed by atoms with Crippen molar-refractivity contribution in [2.45, 2.75) is 19.3 Å². The van der Waals surface area contributed by atoms with Gasteiger partial charge in [0, 0.05) is 44.5 Å². The van der Waals surface area contributed by atoms with Gasteiger partial charge in [-0.25, -0.2) is 0 Å². The van der Waals surface area contributed by atoms with Gasteiger partial charge in [-0.2, -0.15) is 0 Å². The van der Waals surface area contributed by atoms with Gasteiger partial charge >= 0.3 is 0 Å². The first-order valence-corrected chi connectivity index (χ1v) is 7.16. The van der Waals surface area contributed by atoms with Crippen molar-refractivity contribution in [2.75, 3.05) is 26.3 Å². The quantitative estimate of drug-likeness (QED) is 0.839. The molecule has 2 saturated heterocycles. The SMILES string of the molecule is NC(=O)[C@]12CCOC[C@H]1CN(C(=O)CCc1ccon1)C2. The molecule has 0 radical (unpaired) electrons. The molecular weight excluding hydrogens is 274 g/mol. The number of fused-ring (bicyclic) bond motifs is 1. The summed E-state index contributed by atoms with van der Waals surface area (Å²) in [4.78, 5) is 25.9. The minimum atomic E-state index is -0.609. The van der Waals surface area contributed by atoms with Crippen LogP contribution < -0.4 is 5.73 Å². The molecule has 1 aromatic heterocycles. The van der Waals surface area contributed by atoms with Crippen LogP contribution in [0.5, 0.6) is 0 Å². The summed E-state index contributed by atoms with van der Waals surface area (Å²) in [6.45, 7) is 1.98. The van der Waals surface area contributed by atoms with Crippen molar-refractivity contribution >= 4 is 11.8 Å². The smallest absolute Gasteiger partial charge is 0.225 e. The third kappa shape index (κ3) is 2.53. The van der Waals surface area contributed by atoms with Crippen LogP contribution in [0.15, 0.2) is 16.9 Å². The highest BCUT2D eigenvalue weighted by Crippen LogP contribution is 2.42. The van der Waals surface area contributed by atoms with Gasteiger partial charge in [-0.05, 0) is 6.42 Å². The Morgan fingerprint density at radius 3 is 3.05 bits per heavy atom. The largest absolute Gasteiger partial charge is 0.381 e. The Hall–Kier alpha value is -1.89. The van der Waals surface area contributed by atoms with E-state index in [0.29, 0.717) is 45.6 Å². The molecule has 0 aliphatic carbocycles. The van der Waals surface area contributed by atoms with Crippen LogP contribution in [-0.4, -0.2) is 48.2 Å². The number of amides is 2. The topological polar surface area (TPSA) is 98.7 Å². The molecule has 2 aliphatic rings. The van der Waals surface area contributed by atoms with Crippen LogP contribution in [0.4, 0.5) is 0 Å². The molecule has 2 atom stereocenters. The van der Waals surface area contributed by atoms with E-state index in [4.69, 9.17) is 15.0 Å². The Balaban J connectivity index is 1.64. The Bertz CT molecular complexity index is 530. The first-order chi connectivity index (χ1) is 10.1. The fourth-order valence-electron chi connectivity index (χ4n) is 3.30. The maximum Gasteiger partial charge on any atom is 0.225 e. The molecular formula is C14H19N3O4. The second-order valence-corrected chi connectivity index (χ2v) is 5.81. The molecule has 2 aliphatic heterocycles. The van der Waals surface area contributed by atoms with Gasteiger partial charge in [0.1, 0.15) is 6.26 Å². The molecule has 2 fully saturated rings. The van der Waals surface area contributed by atoms with Crippen LogP contribution >= 0.6 is 0 Å². The summed E-state index contributed by atoms with van der Waals surface area (Å²) in [5.74, 6) is -0.282. The average Bonchev–Trinajstić information content (AvgIpc) is 3.12. The van der Waals surface area contributed by atoms with Crippen LogP contribution in [0, 0.1) is 11.3 Å². The molecule has 0 saturated carbocycles. The summed E-state index contributed by atoms with van der Waals surface area (Å²) in [7, 11) is 0. The molecule has 21 heavy (non-hydrogen) atoms. The lowest BCUT2D eigenvalue weighted by Crippen LogP contribution is -2.48. The van der Waals surface area contributed by atoms with Crippen molar-refractivity contribution in [3.63, 3.8) is 0 Å². The lowest BCUT2D eigenvalue weighted by Gasteiger charge is -2.34. The maximum absolute atomic E-state index is 12.3. The van der Waals surface area contributed by atoms with Crippen LogP contribution in [-0.2, 0) is 20.7 Å². The van der Waals surface area contributed by atoms with E-state index < -0.39 is 5.41 Å². The highest BCUT2D eigenvalue weighted by molar-refractivity contribution is 5.84. The molecule has 0 unspecified atom stereocenters.